The van der Waals surface area contributed by atoms with Crippen molar-refractivity contribution in [3.8, 4) is 0 Å². The average molecular weight is 102 g/mol. The van der Waals surface area contributed by atoms with E-state index < -0.39 is 0 Å². The Bertz CT molecular complexity index is 68.5. The van der Waals surface area contributed by atoms with Crippen LogP contribution >= 0.6 is 0 Å². The summed E-state index contributed by atoms with van der Waals surface area (Å²) in [5.41, 5.74) is 0. The number of hydrogen-bond donors (Lipinski definition) is 1. The van der Waals surface area contributed by atoms with Crippen LogP contribution in [0.3, 0.4) is 0 Å². The first-order chi connectivity index (χ1) is 3.12. The zero-order valence-corrected chi connectivity index (χ0v) is 4.89. The number of rotatable bonds is 2. The molecule has 0 saturated carbocycles. The molecule has 0 amide bonds. The molecular weight excluding hydrogens is 90.1 g/mol. The van der Waals surface area contributed by atoms with Crippen LogP contribution in [0.1, 0.15) is 0 Å². The van der Waals surface area contributed by atoms with Crippen molar-refractivity contribution >= 4 is 0 Å². The molecule has 0 aromatic rings. The highest BCUT2D eigenvalue weighted by Crippen LogP contribution is 1.90. The van der Waals surface area contributed by atoms with Crippen LogP contribution in [0.25, 0.3) is 0 Å². The lowest BCUT2D eigenvalue weighted by atomic mass is 10.7. The van der Waals surface area contributed by atoms with Crippen molar-refractivity contribution in [1.29, 1.82) is 0 Å². The summed E-state index contributed by atoms with van der Waals surface area (Å²) in [5, 5.41) is 8.50. The standard InChI is InChI=1S/C5H12NO/c1-4-6(2,3)5-7/h4,7H,1,5H2,2-3H3/q+1. The minimum atomic E-state index is 0.115. The quantitative estimate of drug-likeness (QED) is 0.389. The minimum absolute atomic E-state index is 0.115. The molecule has 2 heteroatoms. The van der Waals surface area contributed by atoms with Gasteiger partial charge in [0.05, 0.1) is 20.3 Å². The molecule has 0 aliphatic rings. The molecule has 0 fully saturated rings. The van der Waals surface area contributed by atoms with Gasteiger partial charge in [0.2, 0.25) is 0 Å². The fourth-order valence-electron chi connectivity index (χ4n) is 0.0577. The Morgan fingerprint density at radius 1 is 1.71 bits per heavy atom. The van der Waals surface area contributed by atoms with Gasteiger partial charge in [0.25, 0.3) is 0 Å². The molecule has 0 saturated heterocycles. The van der Waals surface area contributed by atoms with Crippen molar-refractivity contribution in [3.05, 3.63) is 12.8 Å². The van der Waals surface area contributed by atoms with Crippen molar-refractivity contribution in [2.45, 2.75) is 0 Å². The fourth-order valence-corrected chi connectivity index (χ4v) is 0.0577. The first-order valence-electron chi connectivity index (χ1n) is 2.19. The second-order valence-corrected chi connectivity index (χ2v) is 2.10. The van der Waals surface area contributed by atoms with Gasteiger partial charge < -0.3 is 5.11 Å². The number of hydrogen-bond acceptors (Lipinski definition) is 1. The summed E-state index contributed by atoms with van der Waals surface area (Å²) in [6, 6.07) is 0. The van der Waals surface area contributed by atoms with Crippen LogP contribution in [0, 0.1) is 0 Å². The summed E-state index contributed by atoms with van der Waals surface area (Å²) in [7, 11) is 3.74. The van der Waals surface area contributed by atoms with Crippen LogP contribution in [0.2, 0.25) is 0 Å². The Morgan fingerprint density at radius 2 is 2.14 bits per heavy atom. The lowest BCUT2D eigenvalue weighted by Crippen LogP contribution is -2.33. The maximum absolute atomic E-state index is 8.50. The van der Waals surface area contributed by atoms with Gasteiger partial charge in [0, 0.05) is 0 Å². The average Bonchev–Trinajstić information content (AvgIpc) is 1.68. The second-order valence-electron chi connectivity index (χ2n) is 2.10. The first kappa shape index (κ1) is 6.66. The molecule has 0 heterocycles. The minimum Gasteiger partial charge on any atom is -0.347 e. The van der Waals surface area contributed by atoms with Gasteiger partial charge in [0.1, 0.15) is 0 Å². The number of aliphatic hydroxyl groups is 1. The zero-order valence-electron chi connectivity index (χ0n) is 4.89. The largest absolute Gasteiger partial charge is 0.347 e. The lowest BCUT2D eigenvalue weighted by molar-refractivity contribution is -0.859. The van der Waals surface area contributed by atoms with Gasteiger partial charge in [-0.25, -0.2) is 0 Å². The molecule has 0 aliphatic carbocycles. The Kier molecular flexibility index (Phi) is 1.99. The second kappa shape index (κ2) is 2.09. The zero-order chi connectivity index (χ0) is 5.91. The Balaban J connectivity index is 3.58. The maximum Gasteiger partial charge on any atom is 0.184 e. The van der Waals surface area contributed by atoms with E-state index >= 15 is 0 Å². The molecular formula is C5H12NO+. The van der Waals surface area contributed by atoms with Crippen LogP contribution < -0.4 is 0 Å². The predicted octanol–water partition coefficient (Wildman–Crippen LogP) is 0.156. The summed E-state index contributed by atoms with van der Waals surface area (Å²) in [5.74, 6) is 0. The molecule has 0 spiro atoms. The SMILES string of the molecule is C=C[N+](C)(C)CO. The number of quaternary nitrogens is 1. The Morgan fingerprint density at radius 3 is 2.14 bits per heavy atom. The van der Waals surface area contributed by atoms with Crippen LogP contribution in [0.5, 0.6) is 0 Å². The van der Waals surface area contributed by atoms with Crippen molar-refractivity contribution in [2.24, 2.45) is 0 Å². The molecule has 0 radical (unpaired) electrons. The summed E-state index contributed by atoms with van der Waals surface area (Å²) in [4.78, 5) is 0. The van der Waals surface area contributed by atoms with Gasteiger partial charge in [0.15, 0.2) is 6.73 Å². The topological polar surface area (TPSA) is 20.2 Å². The number of nitrogens with zero attached hydrogens (tertiary/aromatic N) is 1. The van der Waals surface area contributed by atoms with Crippen LogP contribution in [-0.4, -0.2) is 30.4 Å². The van der Waals surface area contributed by atoms with Gasteiger partial charge in [-0.05, 0) is 6.58 Å². The van der Waals surface area contributed by atoms with E-state index in [-0.39, 0.29) is 6.73 Å². The van der Waals surface area contributed by atoms with Gasteiger partial charge in [-0.2, -0.15) is 0 Å². The monoisotopic (exact) mass is 102 g/mol. The van der Waals surface area contributed by atoms with Gasteiger partial charge >= 0.3 is 0 Å². The Labute approximate surface area is 44.3 Å². The fraction of sp³-hybridized carbons (Fsp3) is 0.600. The van der Waals surface area contributed by atoms with E-state index in [1.807, 2.05) is 14.1 Å². The van der Waals surface area contributed by atoms with E-state index in [2.05, 4.69) is 6.58 Å². The van der Waals surface area contributed by atoms with Crippen molar-refractivity contribution in [1.82, 2.24) is 0 Å². The third-order valence-corrected chi connectivity index (χ3v) is 0.859. The summed E-state index contributed by atoms with van der Waals surface area (Å²) in [6.45, 7) is 3.63. The van der Waals surface area contributed by atoms with Crippen LogP contribution in [-0.2, 0) is 0 Å². The molecule has 1 N–H and O–H groups in total. The maximum atomic E-state index is 8.50. The third kappa shape index (κ3) is 2.37. The molecule has 0 aromatic heterocycles. The van der Waals surface area contributed by atoms with Gasteiger partial charge in [-0.3, -0.25) is 4.48 Å². The molecule has 7 heavy (non-hydrogen) atoms. The highest BCUT2D eigenvalue weighted by atomic mass is 16.3. The highest BCUT2D eigenvalue weighted by molar-refractivity contribution is 4.47. The molecule has 0 bridgehead atoms. The van der Waals surface area contributed by atoms with E-state index in [0.29, 0.717) is 4.48 Å². The predicted molar refractivity (Wildman–Crippen MR) is 29.4 cm³/mol. The molecule has 2 nitrogen and oxygen atoms in total. The van der Waals surface area contributed by atoms with Crippen molar-refractivity contribution in [3.63, 3.8) is 0 Å². The van der Waals surface area contributed by atoms with E-state index in [1.165, 1.54) is 0 Å². The number of aliphatic hydroxyl groups excluding tert-OH is 1. The van der Waals surface area contributed by atoms with Crippen molar-refractivity contribution < 1.29 is 9.59 Å². The smallest absolute Gasteiger partial charge is 0.184 e. The molecule has 42 valence electrons. The summed E-state index contributed by atoms with van der Waals surface area (Å²) < 4.78 is 0.458. The van der Waals surface area contributed by atoms with E-state index in [4.69, 9.17) is 5.11 Å². The van der Waals surface area contributed by atoms with E-state index in [0.717, 1.165) is 0 Å². The summed E-state index contributed by atoms with van der Waals surface area (Å²) >= 11 is 0. The Hall–Kier alpha value is -0.340. The van der Waals surface area contributed by atoms with E-state index in [1.54, 1.807) is 6.20 Å². The molecule has 0 aromatic carbocycles. The van der Waals surface area contributed by atoms with Crippen LogP contribution in [0.15, 0.2) is 12.8 Å². The first-order valence-corrected chi connectivity index (χ1v) is 2.19. The highest BCUT2D eigenvalue weighted by Gasteiger charge is 2.03. The van der Waals surface area contributed by atoms with Crippen molar-refractivity contribution in [2.75, 3.05) is 20.8 Å². The van der Waals surface area contributed by atoms with Gasteiger partial charge in [-0.1, -0.05) is 0 Å². The van der Waals surface area contributed by atoms with Gasteiger partial charge in [-0.15, -0.1) is 0 Å². The normalized spacial score (nSPS) is 11.3. The lowest BCUT2D eigenvalue weighted by Gasteiger charge is -2.19. The molecule has 0 aliphatic heterocycles. The summed E-state index contributed by atoms with van der Waals surface area (Å²) in [6.07, 6.45) is 1.68. The third-order valence-electron chi connectivity index (χ3n) is 0.859. The van der Waals surface area contributed by atoms with E-state index in [9.17, 15) is 0 Å². The van der Waals surface area contributed by atoms with Crippen LogP contribution in [0.4, 0.5) is 0 Å². The molecule has 0 atom stereocenters. The molecule has 0 unspecified atom stereocenters. The molecule has 0 rings (SSSR count).